The standard InChI is InChI=1S/C24H33ClN6S/c1-17-6-5-12-30(16-17)21-14-22(31-13-4-3-7-18(31)2)28-23(27-21)29-24(32)26-15-19-8-10-20(25)11-9-19/h8-11,14,17-18H,3-7,12-13,15-16H2,1-2H3,(H2,26,27,28,29,32). The van der Waals surface area contributed by atoms with Gasteiger partial charge in [-0.1, -0.05) is 30.7 Å². The molecule has 0 radical (unpaired) electrons. The Balaban J connectivity index is 1.51. The van der Waals surface area contributed by atoms with Crippen LogP contribution < -0.4 is 20.4 Å². The van der Waals surface area contributed by atoms with Crippen molar-refractivity contribution in [1.29, 1.82) is 0 Å². The predicted octanol–water partition coefficient (Wildman–Crippen LogP) is 5.23. The van der Waals surface area contributed by atoms with E-state index in [9.17, 15) is 0 Å². The predicted molar refractivity (Wildman–Crippen MR) is 138 cm³/mol. The molecule has 2 unspecified atom stereocenters. The van der Waals surface area contributed by atoms with Crippen LogP contribution in [0.4, 0.5) is 17.6 Å². The first kappa shape index (κ1) is 23.1. The number of nitrogens with zero attached hydrogens (tertiary/aromatic N) is 4. The van der Waals surface area contributed by atoms with Crippen LogP contribution in [0.5, 0.6) is 0 Å². The zero-order valence-corrected chi connectivity index (χ0v) is 20.6. The topological polar surface area (TPSA) is 56.3 Å². The molecule has 2 N–H and O–H groups in total. The fourth-order valence-corrected chi connectivity index (χ4v) is 4.84. The third-order valence-corrected chi connectivity index (χ3v) is 6.87. The largest absolute Gasteiger partial charge is 0.358 e. The maximum atomic E-state index is 5.98. The zero-order valence-electron chi connectivity index (χ0n) is 19.0. The van der Waals surface area contributed by atoms with Crippen LogP contribution in [0.25, 0.3) is 0 Å². The van der Waals surface area contributed by atoms with E-state index >= 15 is 0 Å². The Bertz CT molecular complexity index is 921. The summed E-state index contributed by atoms with van der Waals surface area (Å²) in [5.74, 6) is 3.21. The molecule has 4 rings (SSSR count). The Morgan fingerprint density at radius 3 is 2.59 bits per heavy atom. The minimum absolute atomic E-state index is 0.481. The molecule has 1 aromatic carbocycles. The minimum Gasteiger partial charge on any atom is -0.358 e. The monoisotopic (exact) mass is 472 g/mol. The van der Waals surface area contributed by atoms with Gasteiger partial charge >= 0.3 is 0 Å². The first-order valence-corrected chi connectivity index (χ1v) is 12.5. The summed E-state index contributed by atoms with van der Waals surface area (Å²) < 4.78 is 0. The van der Waals surface area contributed by atoms with Crippen LogP contribution in [0.1, 0.15) is 51.5 Å². The van der Waals surface area contributed by atoms with Gasteiger partial charge in [-0.05, 0) is 74.9 Å². The number of benzene rings is 1. The molecule has 2 aromatic rings. The van der Waals surface area contributed by atoms with Gasteiger partial charge in [0.1, 0.15) is 11.6 Å². The van der Waals surface area contributed by atoms with Gasteiger partial charge in [0, 0.05) is 43.3 Å². The smallest absolute Gasteiger partial charge is 0.232 e. The van der Waals surface area contributed by atoms with E-state index < -0.39 is 0 Å². The number of piperidine rings is 2. The van der Waals surface area contributed by atoms with E-state index in [-0.39, 0.29) is 0 Å². The van der Waals surface area contributed by atoms with E-state index in [2.05, 4.69) is 40.3 Å². The van der Waals surface area contributed by atoms with Gasteiger partial charge in [0.25, 0.3) is 0 Å². The molecule has 0 bridgehead atoms. The van der Waals surface area contributed by atoms with Gasteiger partial charge in [0.05, 0.1) is 0 Å². The molecule has 172 valence electrons. The van der Waals surface area contributed by atoms with Crippen LogP contribution in [-0.4, -0.2) is 40.8 Å². The number of thiocarbonyl (C=S) groups is 1. The second kappa shape index (κ2) is 10.7. The first-order chi connectivity index (χ1) is 15.5. The number of anilines is 3. The number of hydrogen-bond donors (Lipinski definition) is 2. The molecule has 3 heterocycles. The Labute approximate surface area is 201 Å². The highest BCUT2D eigenvalue weighted by Gasteiger charge is 2.24. The Morgan fingerprint density at radius 2 is 1.84 bits per heavy atom. The average Bonchev–Trinajstić information content (AvgIpc) is 2.79. The molecule has 0 aliphatic carbocycles. The summed E-state index contributed by atoms with van der Waals surface area (Å²) in [5.41, 5.74) is 1.11. The SMILES string of the molecule is CC1CCCN(c2cc(N3CCCCC3C)nc(NC(=S)NCc3ccc(Cl)cc3)n2)C1. The average molecular weight is 473 g/mol. The highest BCUT2D eigenvalue weighted by molar-refractivity contribution is 7.80. The Kier molecular flexibility index (Phi) is 7.68. The lowest BCUT2D eigenvalue weighted by atomic mass is 10.0. The normalized spacial score (nSPS) is 21.3. The van der Waals surface area contributed by atoms with Crippen LogP contribution in [0.15, 0.2) is 30.3 Å². The van der Waals surface area contributed by atoms with Crippen molar-refractivity contribution >= 4 is 46.5 Å². The van der Waals surface area contributed by atoms with E-state index in [0.717, 1.165) is 41.9 Å². The molecule has 32 heavy (non-hydrogen) atoms. The van der Waals surface area contributed by atoms with Crippen LogP contribution in [0.2, 0.25) is 5.02 Å². The molecular weight excluding hydrogens is 440 g/mol. The maximum Gasteiger partial charge on any atom is 0.232 e. The highest BCUT2D eigenvalue weighted by atomic mass is 35.5. The summed E-state index contributed by atoms with van der Waals surface area (Å²) in [6.45, 7) is 8.32. The summed E-state index contributed by atoms with van der Waals surface area (Å²) in [6.07, 6.45) is 6.16. The molecule has 8 heteroatoms. The molecule has 2 aliphatic heterocycles. The lowest BCUT2D eigenvalue weighted by molar-refractivity contribution is 0.444. The van der Waals surface area contributed by atoms with Crippen LogP contribution in [0, 0.1) is 5.92 Å². The summed E-state index contributed by atoms with van der Waals surface area (Å²) in [4.78, 5) is 14.5. The minimum atomic E-state index is 0.481. The molecule has 1 aromatic heterocycles. The van der Waals surface area contributed by atoms with Crippen molar-refractivity contribution < 1.29 is 0 Å². The van der Waals surface area contributed by atoms with E-state index in [1.807, 2.05) is 24.3 Å². The second-order valence-corrected chi connectivity index (χ2v) is 9.92. The van der Waals surface area contributed by atoms with E-state index in [0.29, 0.717) is 29.6 Å². The maximum absolute atomic E-state index is 5.98. The van der Waals surface area contributed by atoms with Crippen molar-refractivity contribution in [2.75, 3.05) is 34.8 Å². The molecule has 2 fully saturated rings. The van der Waals surface area contributed by atoms with E-state index in [1.54, 1.807) is 0 Å². The second-order valence-electron chi connectivity index (χ2n) is 9.07. The van der Waals surface area contributed by atoms with Crippen molar-refractivity contribution in [3.05, 3.63) is 40.9 Å². The molecule has 2 aliphatic rings. The molecule has 0 spiro atoms. The van der Waals surface area contributed by atoms with E-state index in [4.69, 9.17) is 33.8 Å². The van der Waals surface area contributed by atoms with Gasteiger partial charge < -0.3 is 20.4 Å². The van der Waals surface area contributed by atoms with Crippen LogP contribution >= 0.6 is 23.8 Å². The summed E-state index contributed by atoms with van der Waals surface area (Å²) in [7, 11) is 0. The highest BCUT2D eigenvalue weighted by Crippen LogP contribution is 2.29. The number of aromatic nitrogens is 2. The van der Waals surface area contributed by atoms with E-state index in [1.165, 1.54) is 32.1 Å². The number of nitrogens with one attached hydrogen (secondary N) is 2. The molecule has 2 saturated heterocycles. The molecule has 2 atom stereocenters. The van der Waals surface area contributed by atoms with Gasteiger partial charge in [-0.3, -0.25) is 0 Å². The Hall–Kier alpha value is -2.12. The summed E-state index contributed by atoms with van der Waals surface area (Å²) >= 11 is 11.5. The van der Waals surface area contributed by atoms with Gasteiger partial charge in [-0.15, -0.1) is 0 Å². The van der Waals surface area contributed by atoms with Crippen molar-refractivity contribution in [2.45, 2.75) is 58.5 Å². The third-order valence-electron chi connectivity index (χ3n) is 6.37. The third kappa shape index (κ3) is 6.01. The number of rotatable bonds is 5. The molecule has 0 amide bonds. The van der Waals surface area contributed by atoms with Crippen molar-refractivity contribution in [1.82, 2.24) is 15.3 Å². The van der Waals surface area contributed by atoms with Crippen LogP contribution in [-0.2, 0) is 6.54 Å². The van der Waals surface area contributed by atoms with Gasteiger partial charge in [-0.25, -0.2) is 0 Å². The number of halogens is 1. The lowest BCUT2D eigenvalue weighted by Gasteiger charge is -2.36. The quantitative estimate of drug-likeness (QED) is 0.577. The Morgan fingerprint density at radius 1 is 1.06 bits per heavy atom. The fraction of sp³-hybridized carbons (Fsp3) is 0.542. The van der Waals surface area contributed by atoms with Crippen molar-refractivity contribution in [2.24, 2.45) is 5.92 Å². The van der Waals surface area contributed by atoms with Gasteiger partial charge in [0.15, 0.2) is 5.11 Å². The molecule has 6 nitrogen and oxygen atoms in total. The van der Waals surface area contributed by atoms with Gasteiger partial charge in [-0.2, -0.15) is 9.97 Å². The summed E-state index contributed by atoms with van der Waals surface area (Å²) in [6, 6.07) is 10.4. The first-order valence-electron chi connectivity index (χ1n) is 11.7. The molecule has 0 saturated carbocycles. The molecular formula is C24H33ClN6S. The van der Waals surface area contributed by atoms with Gasteiger partial charge in [0.2, 0.25) is 5.95 Å². The zero-order chi connectivity index (χ0) is 22.5. The van der Waals surface area contributed by atoms with Crippen molar-refractivity contribution in [3.8, 4) is 0 Å². The fourth-order valence-electron chi connectivity index (χ4n) is 4.55. The lowest BCUT2D eigenvalue weighted by Crippen LogP contribution is -2.39. The summed E-state index contributed by atoms with van der Waals surface area (Å²) in [5, 5.41) is 7.72. The van der Waals surface area contributed by atoms with Crippen LogP contribution in [0.3, 0.4) is 0 Å². The number of hydrogen-bond acceptors (Lipinski definition) is 5. The van der Waals surface area contributed by atoms with Crippen molar-refractivity contribution in [3.63, 3.8) is 0 Å².